The van der Waals surface area contributed by atoms with E-state index in [0.717, 1.165) is 23.1 Å². The number of hydrogen-bond acceptors (Lipinski definition) is 6. The van der Waals surface area contributed by atoms with Crippen LogP contribution in [0.2, 0.25) is 0 Å². The maximum Gasteiger partial charge on any atom is 0.262 e. The Morgan fingerprint density at radius 1 is 1.12 bits per heavy atom. The fourth-order valence-electron chi connectivity index (χ4n) is 2.95. The van der Waals surface area contributed by atoms with Crippen molar-refractivity contribution in [2.75, 3.05) is 14.2 Å². The van der Waals surface area contributed by atoms with Gasteiger partial charge < -0.3 is 18.6 Å². The minimum absolute atomic E-state index is 0.375. The van der Waals surface area contributed by atoms with Crippen molar-refractivity contribution in [3.8, 4) is 34.3 Å². The number of fused-ring (bicyclic) bond motifs is 1. The summed E-state index contributed by atoms with van der Waals surface area (Å²) in [6, 6.07) is 11.4. The first-order valence-electron chi connectivity index (χ1n) is 8.25. The molecule has 0 fully saturated rings. The lowest BCUT2D eigenvalue weighted by atomic mass is 10.1. The first kappa shape index (κ1) is 16.1. The van der Waals surface area contributed by atoms with E-state index in [1.807, 2.05) is 42.7 Å². The van der Waals surface area contributed by atoms with Crippen LogP contribution in [0.5, 0.6) is 11.5 Å². The number of aryl methyl sites for hydroxylation is 1. The van der Waals surface area contributed by atoms with Crippen LogP contribution in [0.3, 0.4) is 0 Å². The molecule has 7 heteroatoms. The van der Waals surface area contributed by atoms with Crippen LogP contribution in [0, 0.1) is 0 Å². The molecule has 0 amide bonds. The van der Waals surface area contributed by atoms with Gasteiger partial charge in [0.05, 0.1) is 37.1 Å². The number of hydrogen-bond donors (Lipinski definition) is 0. The Labute approximate surface area is 150 Å². The van der Waals surface area contributed by atoms with Crippen LogP contribution in [0.4, 0.5) is 0 Å². The molecule has 0 spiro atoms. The molecule has 2 aromatic carbocycles. The third kappa shape index (κ3) is 2.57. The Bertz CT molecular complexity index is 1070. The molecular formula is C19H18N4O3. The van der Waals surface area contributed by atoms with Crippen molar-refractivity contribution in [3.05, 3.63) is 42.7 Å². The number of aromatic nitrogens is 4. The van der Waals surface area contributed by atoms with E-state index in [1.54, 1.807) is 14.2 Å². The van der Waals surface area contributed by atoms with Crippen molar-refractivity contribution in [3.63, 3.8) is 0 Å². The standard InChI is InChI=1S/C19H18N4O3/c1-4-23-11-20-14-9-8-12(10-15(14)23)18-21-19(26-22-18)13-6-5-7-16(24-2)17(13)25-3/h5-11H,4H2,1-3H3. The third-order valence-corrected chi connectivity index (χ3v) is 4.28. The van der Waals surface area contributed by atoms with Crippen LogP contribution in [0.15, 0.2) is 47.2 Å². The molecule has 0 aliphatic rings. The Balaban J connectivity index is 1.77. The molecule has 0 saturated carbocycles. The van der Waals surface area contributed by atoms with Gasteiger partial charge in [0.25, 0.3) is 5.89 Å². The van der Waals surface area contributed by atoms with Crippen LogP contribution in [-0.2, 0) is 6.54 Å². The number of rotatable bonds is 5. The second kappa shape index (κ2) is 6.51. The van der Waals surface area contributed by atoms with Gasteiger partial charge in [0.15, 0.2) is 11.5 Å². The summed E-state index contributed by atoms with van der Waals surface area (Å²) < 4.78 is 18.3. The summed E-state index contributed by atoms with van der Waals surface area (Å²) in [7, 11) is 3.17. The molecule has 7 nitrogen and oxygen atoms in total. The zero-order valence-corrected chi connectivity index (χ0v) is 14.8. The Kier molecular flexibility index (Phi) is 4.04. The predicted molar refractivity (Wildman–Crippen MR) is 97.2 cm³/mol. The molecule has 2 heterocycles. The molecule has 2 aromatic heterocycles. The van der Waals surface area contributed by atoms with Gasteiger partial charge in [0.2, 0.25) is 5.82 Å². The minimum Gasteiger partial charge on any atom is -0.493 e. The van der Waals surface area contributed by atoms with E-state index < -0.39 is 0 Å². The lowest BCUT2D eigenvalue weighted by Gasteiger charge is -2.09. The maximum atomic E-state index is 5.48. The van der Waals surface area contributed by atoms with Gasteiger partial charge in [-0.1, -0.05) is 11.2 Å². The van der Waals surface area contributed by atoms with Crippen molar-refractivity contribution in [1.82, 2.24) is 19.7 Å². The van der Waals surface area contributed by atoms with Crippen molar-refractivity contribution in [2.24, 2.45) is 0 Å². The largest absolute Gasteiger partial charge is 0.493 e. The summed E-state index contributed by atoms with van der Waals surface area (Å²) in [5.41, 5.74) is 3.53. The molecule has 0 N–H and O–H groups in total. The molecule has 0 radical (unpaired) electrons. The van der Waals surface area contributed by atoms with Crippen molar-refractivity contribution in [2.45, 2.75) is 13.5 Å². The van der Waals surface area contributed by atoms with Gasteiger partial charge in [0.1, 0.15) is 0 Å². The van der Waals surface area contributed by atoms with E-state index in [1.165, 1.54) is 0 Å². The first-order valence-corrected chi connectivity index (χ1v) is 8.25. The molecule has 0 saturated heterocycles. The Hall–Kier alpha value is -3.35. The average Bonchev–Trinajstić information content (AvgIpc) is 3.33. The SMILES string of the molecule is CCn1cnc2ccc(-c3noc(-c4cccc(OC)c4OC)n3)cc21. The fourth-order valence-corrected chi connectivity index (χ4v) is 2.95. The fraction of sp³-hybridized carbons (Fsp3) is 0.211. The highest BCUT2D eigenvalue weighted by Crippen LogP contribution is 2.37. The zero-order chi connectivity index (χ0) is 18.1. The monoisotopic (exact) mass is 350 g/mol. The summed E-state index contributed by atoms with van der Waals surface area (Å²) in [6.07, 6.45) is 1.83. The maximum absolute atomic E-state index is 5.48. The van der Waals surface area contributed by atoms with E-state index >= 15 is 0 Å². The second-order valence-corrected chi connectivity index (χ2v) is 5.70. The van der Waals surface area contributed by atoms with Gasteiger partial charge in [-0.3, -0.25) is 0 Å². The van der Waals surface area contributed by atoms with Gasteiger partial charge in [-0.25, -0.2) is 4.98 Å². The van der Waals surface area contributed by atoms with Gasteiger partial charge in [0, 0.05) is 12.1 Å². The predicted octanol–water partition coefficient (Wildman–Crippen LogP) is 3.79. The zero-order valence-electron chi connectivity index (χ0n) is 14.8. The summed E-state index contributed by atoms with van der Waals surface area (Å²) >= 11 is 0. The summed E-state index contributed by atoms with van der Waals surface area (Å²) in [6.45, 7) is 2.92. The normalized spacial score (nSPS) is 11.0. The number of para-hydroxylation sites is 1. The van der Waals surface area contributed by atoms with Crippen LogP contribution < -0.4 is 9.47 Å². The Morgan fingerprint density at radius 2 is 2.00 bits per heavy atom. The highest BCUT2D eigenvalue weighted by molar-refractivity contribution is 5.81. The molecule has 0 aliphatic carbocycles. The van der Waals surface area contributed by atoms with E-state index in [2.05, 4.69) is 26.6 Å². The van der Waals surface area contributed by atoms with E-state index in [0.29, 0.717) is 28.8 Å². The number of benzene rings is 2. The van der Waals surface area contributed by atoms with Crippen molar-refractivity contribution >= 4 is 11.0 Å². The molecule has 132 valence electrons. The lowest BCUT2D eigenvalue weighted by Crippen LogP contribution is -1.93. The Morgan fingerprint density at radius 3 is 2.77 bits per heavy atom. The highest BCUT2D eigenvalue weighted by Gasteiger charge is 2.18. The topological polar surface area (TPSA) is 75.2 Å². The first-order chi connectivity index (χ1) is 12.7. The van der Waals surface area contributed by atoms with E-state index in [-0.39, 0.29) is 0 Å². The van der Waals surface area contributed by atoms with Crippen LogP contribution in [0.25, 0.3) is 33.9 Å². The molecule has 0 atom stereocenters. The third-order valence-electron chi connectivity index (χ3n) is 4.28. The molecule has 0 bridgehead atoms. The number of methoxy groups -OCH3 is 2. The highest BCUT2D eigenvalue weighted by atomic mass is 16.5. The summed E-state index contributed by atoms with van der Waals surface area (Å²) in [5.74, 6) is 2.05. The van der Waals surface area contributed by atoms with Gasteiger partial charge in [-0.05, 0) is 37.3 Å². The molecule has 0 unspecified atom stereocenters. The second-order valence-electron chi connectivity index (χ2n) is 5.70. The van der Waals surface area contributed by atoms with Gasteiger partial charge in [-0.15, -0.1) is 0 Å². The van der Waals surface area contributed by atoms with Crippen LogP contribution in [-0.4, -0.2) is 33.9 Å². The molecular weight excluding hydrogens is 332 g/mol. The number of imidazole rings is 1. The van der Waals surface area contributed by atoms with E-state index in [9.17, 15) is 0 Å². The number of nitrogens with zero attached hydrogens (tertiary/aromatic N) is 4. The van der Waals surface area contributed by atoms with Crippen LogP contribution in [0.1, 0.15) is 6.92 Å². The quantitative estimate of drug-likeness (QED) is 0.545. The van der Waals surface area contributed by atoms with E-state index in [4.69, 9.17) is 14.0 Å². The smallest absolute Gasteiger partial charge is 0.262 e. The van der Waals surface area contributed by atoms with Crippen molar-refractivity contribution in [1.29, 1.82) is 0 Å². The summed E-state index contributed by atoms with van der Waals surface area (Å²) in [5, 5.41) is 4.13. The van der Waals surface area contributed by atoms with Gasteiger partial charge in [-0.2, -0.15) is 4.98 Å². The molecule has 0 aliphatic heterocycles. The molecule has 26 heavy (non-hydrogen) atoms. The van der Waals surface area contributed by atoms with Crippen molar-refractivity contribution < 1.29 is 14.0 Å². The number of ether oxygens (including phenoxy) is 2. The average molecular weight is 350 g/mol. The minimum atomic E-state index is 0.375. The van der Waals surface area contributed by atoms with Gasteiger partial charge >= 0.3 is 0 Å². The molecule has 4 aromatic rings. The molecule has 4 rings (SSSR count). The summed E-state index contributed by atoms with van der Waals surface area (Å²) in [4.78, 5) is 8.93. The van der Waals surface area contributed by atoms with Crippen LogP contribution >= 0.6 is 0 Å². The lowest BCUT2D eigenvalue weighted by molar-refractivity contribution is 0.353.